The quantitative estimate of drug-likeness (QED) is 0.616. The number of nitrogens with one attached hydrogen (secondary N) is 2. The van der Waals surface area contributed by atoms with Crippen molar-refractivity contribution >= 4 is 39.0 Å². The molecule has 1 amide bonds. The van der Waals surface area contributed by atoms with Gasteiger partial charge in [0.1, 0.15) is 5.82 Å². The van der Waals surface area contributed by atoms with Gasteiger partial charge >= 0.3 is 0 Å². The first-order chi connectivity index (χ1) is 12.0. The highest BCUT2D eigenvalue weighted by Gasteiger charge is 2.09. The predicted molar refractivity (Wildman–Crippen MR) is 106 cm³/mol. The molecule has 0 aliphatic rings. The normalized spacial score (nSPS) is 10.4. The minimum Gasteiger partial charge on any atom is -0.340 e. The summed E-state index contributed by atoms with van der Waals surface area (Å²) in [5.41, 5.74) is 4.59. The predicted octanol–water partition coefficient (Wildman–Crippen LogP) is 5.46. The van der Waals surface area contributed by atoms with Gasteiger partial charge in [-0.3, -0.25) is 4.79 Å². The molecule has 3 aromatic rings. The van der Waals surface area contributed by atoms with Crippen LogP contribution in [-0.4, -0.2) is 10.9 Å². The van der Waals surface area contributed by atoms with Gasteiger partial charge in [0, 0.05) is 10.2 Å². The van der Waals surface area contributed by atoms with Crippen LogP contribution in [0.1, 0.15) is 21.5 Å². The van der Waals surface area contributed by atoms with Crippen molar-refractivity contribution in [3.8, 4) is 0 Å². The van der Waals surface area contributed by atoms with Crippen molar-refractivity contribution in [1.29, 1.82) is 0 Å². The van der Waals surface area contributed by atoms with Crippen molar-refractivity contribution in [2.75, 3.05) is 10.6 Å². The Hall–Kier alpha value is -2.66. The molecule has 0 fully saturated rings. The Kier molecular flexibility index (Phi) is 5.14. The van der Waals surface area contributed by atoms with Crippen LogP contribution >= 0.6 is 15.9 Å². The van der Waals surface area contributed by atoms with Crippen LogP contribution in [-0.2, 0) is 0 Å². The zero-order valence-electron chi connectivity index (χ0n) is 14.0. The SMILES string of the molecule is Cc1ccc(C)c(Nc2ccc(NC(=O)c3ccccc3Br)cn2)c1. The molecule has 1 aromatic heterocycles. The Labute approximate surface area is 155 Å². The average Bonchev–Trinajstić information content (AvgIpc) is 2.60. The molecule has 0 unspecified atom stereocenters. The van der Waals surface area contributed by atoms with E-state index in [1.54, 1.807) is 12.3 Å². The number of halogens is 1. The summed E-state index contributed by atoms with van der Waals surface area (Å²) in [7, 11) is 0. The van der Waals surface area contributed by atoms with Gasteiger partial charge in [-0.05, 0) is 71.2 Å². The fourth-order valence-corrected chi connectivity index (χ4v) is 2.86. The zero-order chi connectivity index (χ0) is 17.8. The number of amides is 1. The molecular formula is C20H18BrN3O. The van der Waals surface area contributed by atoms with E-state index in [-0.39, 0.29) is 5.91 Å². The number of nitrogens with zero attached hydrogens (tertiary/aromatic N) is 1. The lowest BCUT2D eigenvalue weighted by atomic mass is 10.1. The van der Waals surface area contributed by atoms with Gasteiger partial charge in [0.15, 0.2) is 0 Å². The number of pyridine rings is 1. The average molecular weight is 396 g/mol. The summed E-state index contributed by atoms with van der Waals surface area (Å²) in [6.45, 7) is 4.10. The van der Waals surface area contributed by atoms with Gasteiger partial charge in [0.25, 0.3) is 5.91 Å². The topological polar surface area (TPSA) is 54.0 Å². The summed E-state index contributed by atoms with van der Waals surface area (Å²) in [6.07, 6.45) is 1.64. The molecule has 5 heteroatoms. The summed E-state index contributed by atoms with van der Waals surface area (Å²) >= 11 is 3.39. The largest absolute Gasteiger partial charge is 0.340 e. The first-order valence-electron chi connectivity index (χ1n) is 7.89. The number of aryl methyl sites for hydroxylation is 2. The standard InChI is InChI=1S/C20H18BrN3O/c1-13-7-8-14(2)18(11-13)24-19-10-9-15(12-22-19)23-20(25)16-5-3-4-6-17(16)21/h3-12H,1-2H3,(H,22,24)(H,23,25). The van der Waals surface area contributed by atoms with E-state index in [0.717, 1.165) is 21.5 Å². The molecule has 25 heavy (non-hydrogen) atoms. The molecule has 126 valence electrons. The van der Waals surface area contributed by atoms with E-state index in [1.807, 2.05) is 37.3 Å². The van der Waals surface area contributed by atoms with E-state index in [2.05, 4.69) is 56.7 Å². The van der Waals surface area contributed by atoms with Gasteiger partial charge in [-0.25, -0.2) is 4.98 Å². The van der Waals surface area contributed by atoms with Gasteiger partial charge in [-0.15, -0.1) is 0 Å². The van der Waals surface area contributed by atoms with Crippen LogP contribution in [0, 0.1) is 13.8 Å². The third-order valence-corrected chi connectivity index (χ3v) is 4.49. The summed E-state index contributed by atoms with van der Waals surface area (Å²) in [6, 6.07) is 17.2. The molecule has 2 aromatic carbocycles. The first-order valence-corrected chi connectivity index (χ1v) is 8.68. The van der Waals surface area contributed by atoms with Crippen molar-refractivity contribution in [2.24, 2.45) is 0 Å². The number of rotatable bonds is 4. The van der Waals surface area contributed by atoms with Crippen LogP contribution in [0.15, 0.2) is 65.3 Å². The molecule has 0 saturated heterocycles. The molecule has 0 radical (unpaired) electrons. The van der Waals surface area contributed by atoms with Crippen LogP contribution in [0.5, 0.6) is 0 Å². The number of benzene rings is 2. The monoisotopic (exact) mass is 395 g/mol. The summed E-state index contributed by atoms with van der Waals surface area (Å²) in [5.74, 6) is 0.553. The Balaban J connectivity index is 1.71. The minimum atomic E-state index is -0.176. The van der Waals surface area contributed by atoms with Gasteiger partial charge in [0.05, 0.1) is 17.4 Å². The highest BCUT2D eigenvalue weighted by atomic mass is 79.9. The van der Waals surface area contributed by atoms with Crippen LogP contribution < -0.4 is 10.6 Å². The molecule has 0 bridgehead atoms. The smallest absolute Gasteiger partial charge is 0.256 e. The molecule has 0 atom stereocenters. The number of hydrogen-bond acceptors (Lipinski definition) is 3. The van der Waals surface area contributed by atoms with Gasteiger partial charge < -0.3 is 10.6 Å². The van der Waals surface area contributed by atoms with Crippen molar-refractivity contribution < 1.29 is 4.79 Å². The second kappa shape index (κ2) is 7.49. The Morgan fingerprint density at radius 3 is 2.56 bits per heavy atom. The Morgan fingerprint density at radius 1 is 1.04 bits per heavy atom. The summed E-state index contributed by atoms with van der Waals surface area (Å²) in [5, 5.41) is 6.15. The fraction of sp³-hybridized carbons (Fsp3) is 0.100. The van der Waals surface area contributed by atoms with E-state index >= 15 is 0 Å². The molecule has 0 saturated carbocycles. The zero-order valence-corrected chi connectivity index (χ0v) is 15.6. The van der Waals surface area contributed by atoms with Crippen LogP contribution in [0.25, 0.3) is 0 Å². The van der Waals surface area contributed by atoms with E-state index in [9.17, 15) is 4.79 Å². The van der Waals surface area contributed by atoms with Crippen molar-refractivity contribution in [1.82, 2.24) is 4.98 Å². The number of aromatic nitrogens is 1. The Morgan fingerprint density at radius 2 is 1.84 bits per heavy atom. The molecule has 4 nitrogen and oxygen atoms in total. The molecule has 0 aliphatic carbocycles. The van der Waals surface area contributed by atoms with Crippen LogP contribution in [0.3, 0.4) is 0 Å². The number of carbonyl (C=O) groups excluding carboxylic acids is 1. The van der Waals surface area contributed by atoms with E-state index in [1.165, 1.54) is 5.56 Å². The fourth-order valence-electron chi connectivity index (χ4n) is 2.39. The maximum absolute atomic E-state index is 12.3. The van der Waals surface area contributed by atoms with Gasteiger partial charge in [-0.2, -0.15) is 0 Å². The van der Waals surface area contributed by atoms with Crippen molar-refractivity contribution in [3.63, 3.8) is 0 Å². The highest BCUT2D eigenvalue weighted by Crippen LogP contribution is 2.22. The molecule has 1 heterocycles. The van der Waals surface area contributed by atoms with E-state index < -0.39 is 0 Å². The van der Waals surface area contributed by atoms with Gasteiger partial charge in [-0.1, -0.05) is 24.3 Å². The second-order valence-electron chi connectivity index (χ2n) is 5.81. The lowest BCUT2D eigenvalue weighted by Crippen LogP contribution is -2.12. The van der Waals surface area contributed by atoms with Crippen LogP contribution in [0.4, 0.5) is 17.2 Å². The summed E-state index contributed by atoms with van der Waals surface area (Å²) < 4.78 is 0.758. The number of anilines is 3. The third kappa shape index (κ3) is 4.25. The van der Waals surface area contributed by atoms with Crippen molar-refractivity contribution in [2.45, 2.75) is 13.8 Å². The van der Waals surface area contributed by atoms with Gasteiger partial charge in [0.2, 0.25) is 0 Å². The lowest BCUT2D eigenvalue weighted by Gasteiger charge is -2.11. The second-order valence-corrected chi connectivity index (χ2v) is 6.66. The number of hydrogen-bond donors (Lipinski definition) is 2. The first kappa shape index (κ1) is 17.2. The molecular weight excluding hydrogens is 378 g/mol. The third-order valence-electron chi connectivity index (χ3n) is 3.80. The molecule has 0 spiro atoms. The van der Waals surface area contributed by atoms with Crippen LogP contribution in [0.2, 0.25) is 0 Å². The maximum atomic E-state index is 12.3. The Bertz CT molecular complexity index is 907. The number of carbonyl (C=O) groups is 1. The highest BCUT2D eigenvalue weighted by molar-refractivity contribution is 9.10. The molecule has 3 rings (SSSR count). The minimum absolute atomic E-state index is 0.176. The van der Waals surface area contributed by atoms with Crippen molar-refractivity contribution in [3.05, 3.63) is 82.0 Å². The lowest BCUT2D eigenvalue weighted by molar-refractivity contribution is 0.102. The molecule has 0 aliphatic heterocycles. The van der Waals surface area contributed by atoms with E-state index in [4.69, 9.17) is 0 Å². The summed E-state index contributed by atoms with van der Waals surface area (Å²) in [4.78, 5) is 16.7. The maximum Gasteiger partial charge on any atom is 0.256 e. The molecule has 2 N–H and O–H groups in total. The van der Waals surface area contributed by atoms with E-state index in [0.29, 0.717) is 11.3 Å².